The van der Waals surface area contributed by atoms with E-state index in [-0.39, 0.29) is 5.91 Å². The number of nitrogens with one attached hydrogen (secondary N) is 1. The Morgan fingerprint density at radius 2 is 1.81 bits per heavy atom. The van der Waals surface area contributed by atoms with Gasteiger partial charge in [-0.25, -0.2) is 4.98 Å². The molecule has 0 aliphatic rings. The van der Waals surface area contributed by atoms with Gasteiger partial charge in [-0.3, -0.25) is 9.78 Å². The van der Waals surface area contributed by atoms with Gasteiger partial charge in [0, 0.05) is 30.1 Å². The quantitative estimate of drug-likeness (QED) is 0.404. The molecule has 4 aromatic rings. The van der Waals surface area contributed by atoms with Crippen LogP contribution in [0.25, 0.3) is 10.9 Å². The number of benzene rings is 2. The zero-order valence-electron chi connectivity index (χ0n) is 17.2. The van der Waals surface area contributed by atoms with E-state index < -0.39 is 0 Å². The highest BCUT2D eigenvalue weighted by Gasteiger charge is 2.13. The van der Waals surface area contributed by atoms with E-state index in [1.807, 2.05) is 60.8 Å². The Morgan fingerprint density at radius 3 is 2.65 bits per heavy atom. The van der Waals surface area contributed by atoms with Crippen molar-refractivity contribution in [2.45, 2.75) is 17.2 Å². The predicted molar refractivity (Wildman–Crippen MR) is 125 cm³/mol. The molecule has 0 saturated carbocycles. The molecule has 5 nitrogen and oxygen atoms in total. The SMILES string of the molecule is COc1ccc(CCNC(=O)c2cccnc2SCc2ccnc3ccccc23)cc1. The minimum atomic E-state index is -0.108. The van der Waals surface area contributed by atoms with Crippen molar-refractivity contribution in [3.8, 4) is 5.75 Å². The maximum atomic E-state index is 12.8. The number of methoxy groups -OCH3 is 1. The van der Waals surface area contributed by atoms with E-state index in [9.17, 15) is 4.79 Å². The Labute approximate surface area is 185 Å². The third kappa shape index (κ3) is 5.22. The highest BCUT2D eigenvalue weighted by atomic mass is 32.2. The third-order valence-corrected chi connectivity index (χ3v) is 6.03. The monoisotopic (exact) mass is 429 g/mol. The molecule has 1 amide bonds. The molecule has 2 aromatic carbocycles. The molecule has 0 aliphatic carbocycles. The first-order valence-corrected chi connectivity index (χ1v) is 11.0. The molecule has 0 bridgehead atoms. The number of para-hydroxylation sites is 1. The molecule has 0 saturated heterocycles. The van der Waals surface area contributed by atoms with Crippen molar-refractivity contribution in [1.29, 1.82) is 0 Å². The first-order valence-electron chi connectivity index (χ1n) is 10.1. The molecule has 1 N–H and O–H groups in total. The molecule has 0 atom stereocenters. The van der Waals surface area contributed by atoms with Gasteiger partial charge in [0.15, 0.2) is 0 Å². The Hall–Kier alpha value is -3.38. The second kappa shape index (κ2) is 10.1. The van der Waals surface area contributed by atoms with E-state index in [2.05, 4.69) is 21.4 Å². The summed E-state index contributed by atoms with van der Waals surface area (Å²) in [5.74, 6) is 1.43. The van der Waals surface area contributed by atoms with Gasteiger partial charge >= 0.3 is 0 Å². The van der Waals surface area contributed by atoms with Gasteiger partial charge in [0.25, 0.3) is 5.91 Å². The molecule has 156 valence electrons. The predicted octanol–water partition coefficient (Wildman–Crippen LogP) is 4.90. The normalized spacial score (nSPS) is 10.7. The number of hydrogen-bond donors (Lipinski definition) is 1. The lowest BCUT2D eigenvalue weighted by Gasteiger charge is -2.10. The summed E-state index contributed by atoms with van der Waals surface area (Å²) in [4.78, 5) is 21.7. The van der Waals surface area contributed by atoms with E-state index in [4.69, 9.17) is 4.74 Å². The molecule has 4 rings (SSSR count). The van der Waals surface area contributed by atoms with Gasteiger partial charge in [0.2, 0.25) is 0 Å². The van der Waals surface area contributed by atoms with Gasteiger partial charge in [0.1, 0.15) is 10.8 Å². The van der Waals surface area contributed by atoms with Crippen LogP contribution in [0.3, 0.4) is 0 Å². The molecule has 6 heteroatoms. The number of pyridine rings is 2. The van der Waals surface area contributed by atoms with E-state index in [1.54, 1.807) is 31.1 Å². The van der Waals surface area contributed by atoms with E-state index in [0.29, 0.717) is 17.9 Å². The minimum absolute atomic E-state index is 0.108. The fraction of sp³-hybridized carbons (Fsp3) is 0.160. The lowest BCUT2D eigenvalue weighted by Crippen LogP contribution is -2.26. The van der Waals surface area contributed by atoms with Crippen LogP contribution in [0.15, 0.2) is 84.1 Å². The smallest absolute Gasteiger partial charge is 0.254 e. The third-order valence-electron chi connectivity index (χ3n) is 4.98. The molecule has 31 heavy (non-hydrogen) atoms. The molecule has 0 radical (unpaired) electrons. The Balaban J connectivity index is 1.39. The second-order valence-electron chi connectivity index (χ2n) is 6.99. The van der Waals surface area contributed by atoms with Crippen LogP contribution in [0.4, 0.5) is 0 Å². The number of hydrogen-bond acceptors (Lipinski definition) is 5. The summed E-state index contributed by atoms with van der Waals surface area (Å²) >= 11 is 1.56. The number of nitrogens with zero attached hydrogens (tertiary/aromatic N) is 2. The molecule has 0 spiro atoms. The molecular formula is C25H23N3O2S. The summed E-state index contributed by atoms with van der Waals surface area (Å²) < 4.78 is 5.18. The Kier molecular flexibility index (Phi) is 6.79. The highest BCUT2D eigenvalue weighted by molar-refractivity contribution is 7.98. The van der Waals surface area contributed by atoms with Gasteiger partial charge in [-0.1, -0.05) is 30.3 Å². The second-order valence-corrected chi connectivity index (χ2v) is 7.95. The number of aromatic nitrogens is 2. The van der Waals surface area contributed by atoms with Crippen LogP contribution in [0.1, 0.15) is 21.5 Å². The summed E-state index contributed by atoms with van der Waals surface area (Å²) in [6, 6.07) is 21.6. The van der Waals surface area contributed by atoms with Gasteiger partial charge in [-0.15, -0.1) is 11.8 Å². The maximum Gasteiger partial charge on any atom is 0.254 e. The molecule has 0 unspecified atom stereocenters. The van der Waals surface area contributed by atoms with Crippen molar-refractivity contribution in [3.63, 3.8) is 0 Å². The number of amides is 1. The number of rotatable bonds is 8. The first-order chi connectivity index (χ1) is 15.2. The lowest BCUT2D eigenvalue weighted by molar-refractivity contribution is 0.0950. The van der Waals surface area contributed by atoms with Crippen LogP contribution in [0.2, 0.25) is 0 Å². The zero-order chi connectivity index (χ0) is 21.5. The lowest BCUT2D eigenvalue weighted by atomic mass is 10.1. The molecule has 2 heterocycles. The number of carbonyl (C=O) groups excluding carboxylic acids is 1. The van der Waals surface area contributed by atoms with E-state index in [1.165, 1.54) is 5.56 Å². The average Bonchev–Trinajstić information content (AvgIpc) is 2.83. The summed E-state index contributed by atoms with van der Waals surface area (Å²) in [7, 11) is 1.65. The fourth-order valence-corrected chi connectivity index (χ4v) is 4.31. The van der Waals surface area contributed by atoms with Crippen LogP contribution < -0.4 is 10.1 Å². The van der Waals surface area contributed by atoms with Crippen molar-refractivity contribution in [3.05, 3.63) is 95.8 Å². The van der Waals surface area contributed by atoms with Crippen LogP contribution in [0, 0.1) is 0 Å². The first kappa shape index (κ1) is 20.9. The Bertz CT molecular complexity index is 1170. The van der Waals surface area contributed by atoms with E-state index >= 15 is 0 Å². The number of fused-ring (bicyclic) bond motifs is 1. The van der Waals surface area contributed by atoms with Crippen molar-refractivity contribution in [2.75, 3.05) is 13.7 Å². The van der Waals surface area contributed by atoms with Crippen molar-refractivity contribution >= 4 is 28.6 Å². The standard InChI is InChI=1S/C25H23N3O2S/c1-30-20-10-8-18(9-11-20)12-15-27-24(29)22-6-4-14-28-25(22)31-17-19-13-16-26-23-7-3-2-5-21(19)23/h2-11,13-14,16H,12,15,17H2,1H3,(H,27,29). The Morgan fingerprint density at radius 1 is 0.968 bits per heavy atom. The van der Waals surface area contributed by atoms with Gasteiger partial charge < -0.3 is 10.1 Å². The summed E-state index contributed by atoms with van der Waals surface area (Å²) in [6.07, 6.45) is 4.30. The molecule has 2 aromatic heterocycles. The fourth-order valence-electron chi connectivity index (χ4n) is 3.31. The topological polar surface area (TPSA) is 64.1 Å². The van der Waals surface area contributed by atoms with Gasteiger partial charge in [-0.2, -0.15) is 0 Å². The van der Waals surface area contributed by atoms with Crippen LogP contribution in [0.5, 0.6) is 5.75 Å². The van der Waals surface area contributed by atoms with Crippen molar-refractivity contribution in [1.82, 2.24) is 15.3 Å². The molecular weight excluding hydrogens is 406 g/mol. The molecule has 0 aliphatic heterocycles. The average molecular weight is 430 g/mol. The largest absolute Gasteiger partial charge is 0.497 e. The zero-order valence-corrected chi connectivity index (χ0v) is 18.1. The summed E-state index contributed by atoms with van der Waals surface area (Å²) in [5, 5.41) is 4.86. The van der Waals surface area contributed by atoms with Gasteiger partial charge in [0.05, 0.1) is 18.2 Å². The number of carbonyl (C=O) groups is 1. The van der Waals surface area contributed by atoms with Crippen LogP contribution >= 0.6 is 11.8 Å². The van der Waals surface area contributed by atoms with Crippen LogP contribution in [-0.4, -0.2) is 29.5 Å². The summed E-state index contributed by atoms with van der Waals surface area (Å²) in [6.45, 7) is 0.555. The molecule has 0 fully saturated rings. The number of thioether (sulfide) groups is 1. The maximum absolute atomic E-state index is 12.8. The summed E-state index contributed by atoms with van der Waals surface area (Å²) in [5.41, 5.74) is 3.89. The highest BCUT2D eigenvalue weighted by Crippen LogP contribution is 2.27. The van der Waals surface area contributed by atoms with Crippen molar-refractivity contribution < 1.29 is 9.53 Å². The van der Waals surface area contributed by atoms with Crippen LogP contribution in [-0.2, 0) is 12.2 Å². The van der Waals surface area contributed by atoms with Gasteiger partial charge in [-0.05, 0) is 53.9 Å². The van der Waals surface area contributed by atoms with E-state index in [0.717, 1.165) is 33.7 Å². The minimum Gasteiger partial charge on any atom is -0.497 e. The van der Waals surface area contributed by atoms with Crippen molar-refractivity contribution in [2.24, 2.45) is 0 Å². The number of ether oxygens (including phenoxy) is 1.